The van der Waals surface area contributed by atoms with Crippen molar-refractivity contribution in [3.8, 4) is 0 Å². The zero-order valence-corrected chi connectivity index (χ0v) is 11.3. The number of ether oxygens (including phenoxy) is 1. The maximum atomic E-state index is 12.9. The minimum atomic E-state index is -0.691. The molecule has 0 aliphatic carbocycles. The molecule has 0 aromatic rings. The Morgan fingerprint density at radius 3 is 2.56 bits per heavy atom. The first-order chi connectivity index (χ1) is 7.65. The number of esters is 1. The number of rotatable bonds is 9. The predicted octanol–water partition coefficient (Wildman–Crippen LogP) is 3.59. The molecule has 0 aliphatic rings. The lowest BCUT2D eigenvalue weighted by Gasteiger charge is -2.13. The summed E-state index contributed by atoms with van der Waals surface area (Å²) < 4.78 is 17.7. The lowest BCUT2D eigenvalue weighted by atomic mass is 10.2. The number of carbonyl (C=O) groups excluding carboxylic acids is 1. The molecule has 0 N–H and O–H groups in total. The second-order valence-electron chi connectivity index (χ2n) is 3.82. The Morgan fingerprint density at radius 1 is 1.38 bits per heavy atom. The highest BCUT2D eigenvalue weighted by molar-refractivity contribution is 8.00. The molecule has 0 radical (unpaired) electrons. The molecule has 0 aromatic heterocycles. The normalized spacial score (nSPS) is 14.5. The van der Waals surface area contributed by atoms with Crippen LogP contribution in [-0.2, 0) is 9.53 Å². The molecule has 0 fully saturated rings. The van der Waals surface area contributed by atoms with E-state index in [1.165, 1.54) is 7.11 Å². The number of hydrogen-bond donors (Lipinski definition) is 0. The van der Waals surface area contributed by atoms with E-state index in [9.17, 15) is 9.18 Å². The maximum absolute atomic E-state index is 12.9. The summed E-state index contributed by atoms with van der Waals surface area (Å²) in [6, 6.07) is 0. The summed E-state index contributed by atoms with van der Waals surface area (Å²) in [5, 5.41) is -0.0744. The van der Waals surface area contributed by atoms with Crippen molar-refractivity contribution >= 4 is 17.7 Å². The zero-order chi connectivity index (χ0) is 12.4. The van der Waals surface area contributed by atoms with E-state index in [-0.39, 0.29) is 11.2 Å². The molecule has 0 rings (SSSR count). The minimum absolute atomic E-state index is 0.0744. The third-order valence-corrected chi connectivity index (χ3v) is 3.79. The SMILES string of the molecule is CCCC(SCCCC(F)CC)C(=O)OC. The fraction of sp³-hybridized carbons (Fsp3) is 0.917. The Labute approximate surface area is 102 Å². The number of halogens is 1. The Hall–Kier alpha value is -0.250. The first-order valence-electron chi connectivity index (χ1n) is 5.99. The first-order valence-corrected chi connectivity index (χ1v) is 7.04. The first kappa shape index (κ1) is 15.8. The summed E-state index contributed by atoms with van der Waals surface area (Å²) in [5.41, 5.74) is 0. The van der Waals surface area contributed by atoms with Crippen LogP contribution in [-0.4, -0.2) is 30.3 Å². The van der Waals surface area contributed by atoms with Gasteiger partial charge in [-0.15, -0.1) is 11.8 Å². The van der Waals surface area contributed by atoms with Gasteiger partial charge < -0.3 is 4.74 Å². The highest BCUT2D eigenvalue weighted by atomic mass is 32.2. The second kappa shape index (κ2) is 9.94. The summed E-state index contributed by atoms with van der Waals surface area (Å²) in [5.74, 6) is 0.680. The van der Waals surface area contributed by atoms with E-state index in [2.05, 4.69) is 0 Å². The van der Waals surface area contributed by atoms with E-state index in [0.717, 1.165) is 25.0 Å². The third-order valence-electron chi connectivity index (χ3n) is 2.44. The van der Waals surface area contributed by atoms with Crippen LogP contribution < -0.4 is 0 Å². The molecule has 0 spiro atoms. The average molecular weight is 250 g/mol. The van der Waals surface area contributed by atoms with Crippen LogP contribution in [0, 0.1) is 0 Å². The van der Waals surface area contributed by atoms with Gasteiger partial charge in [0.05, 0.1) is 13.3 Å². The van der Waals surface area contributed by atoms with Crippen molar-refractivity contribution in [2.45, 2.75) is 57.4 Å². The van der Waals surface area contributed by atoms with Crippen molar-refractivity contribution < 1.29 is 13.9 Å². The van der Waals surface area contributed by atoms with Gasteiger partial charge in [0.2, 0.25) is 0 Å². The molecule has 2 atom stereocenters. The summed E-state index contributed by atoms with van der Waals surface area (Å²) in [7, 11) is 1.42. The lowest BCUT2D eigenvalue weighted by molar-refractivity contribution is -0.140. The Bertz CT molecular complexity index is 188. The molecule has 96 valence electrons. The molecular weight excluding hydrogens is 227 g/mol. The molecule has 2 nitrogen and oxygen atoms in total. The predicted molar refractivity (Wildman–Crippen MR) is 67.6 cm³/mol. The summed E-state index contributed by atoms with van der Waals surface area (Å²) in [6.45, 7) is 3.90. The molecule has 0 amide bonds. The van der Waals surface area contributed by atoms with Crippen LogP contribution in [0.25, 0.3) is 0 Å². The van der Waals surface area contributed by atoms with Gasteiger partial charge in [0.15, 0.2) is 0 Å². The molecule has 4 heteroatoms. The molecule has 0 heterocycles. The highest BCUT2D eigenvalue weighted by Gasteiger charge is 2.18. The van der Waals surface area contributed by atoms with E-state index in [1.807, 2.05) is 13.8 Å². The van der Waals surface area contributed by atoms with Crippen molar-refractivity contribution in [2.24, 2.45) is 0 Å². The number of alkyl halides is 1. The Morgan fingerprint density at radius 2 is 2.06 bits per heavy atom. The molecule has 16 heavy (non-hydrogen) atoms. The van der Waals surface area contributed by atoms with Gasteiger partial charge in [0.25, 0.3) is 0 Å². The number of carbonyl (C=O) groups is 1. The molecule has 0 bridgehead atoms. The maximum Gasteiger partial charge on any atom is 0.318 e. The monoisotopic (exact) mass is 250 g/mol. The van der Waals surface area contributed by atoms with Crippen LogP contribution in [0.2, 0.25) is 0 Å². The van der Waals surface area contributed by atoms with E-state index in [0.29, 0.717) is 12.8 Å². The number of hydrogen-bond acceptors (Lipinski definition) is 3. The van der Waals surface area contributed by atoms with Crippen molar-refractivity contribution in [1.82, 2.24) is 0 Å². The topological polar surface area (TPSA) is 26.3 Å². The summed E-state index contributed by atoms with van der Waals surface area (Å²) >= 11 is 1.59. The molecule has 0 aromatic carbocycles. The molecule has 0 saturated heterocycles. The van der Waals surface area contributed by atoms with Crippen LogP contribution in [0.15, 0.2) is 0 Å². The zero-order valence-electron chi connectivity index (χ0n) is 10.5. The van der Waals surface area contributed by atoms with Crippen molar-refractivity contribution in [1.29, 1.82) is 0 Å². The van der Waals surface area contributed by atoms with Crippen LogP contribution >= 0.6 is 11.8 Å². The van der Waals surface area contributed by atoms with Crippen molar-refractivity contribution in [3.63, 3.8) is 0 Å². The van der Waals surface area contributed by atoms with Gasteiger partial charge in [-0.1, -0.05) is 20.3 Å². The van der Waals surface area contributed by atoms with Gasteiger partial charge in [-0.25, -0.2) is 4.39 Å². The fourth-order valence-electron chi connectivity index (χ4n) is 1.40. The largest absolute Gasteiger partial charge is 0.468 e. The van der Waals surface area contributed by atoms with Crippen LogP contribution in [0.5, 0.6) is 0 Å². The highest BCUT2D eigenvalue weighted by Crippen LogP contribution is 2.20. The van der Waals surface area contributed by atoms with Gasteiger partial charge >= 0.3 is 5.97 Å². The summed E-state index contributed by atoms with van der Waals surface area (Å²) in [4.78, 5) is 11.4. The van der Waals surface area contributed by atoms with Crippen molar-refractivity contribution in [3.05, 3.63) is 0 Å². The van der Waals surface area contributed by atoms with Gasteiger partial charge in [-0.2, -0.15) is 0 Å². The Kier molecular flexibility index (Phi) is 9.78. The molecule has 0 saturated carbocycles. The smallest absolute Gasteiger partial charge is 0.318 e. The Balaban J connectivity index is 3.72. The van der Waals surface area contributed by atoms with Gasteiger partial charge in [-0.3, -0.25) is 4.79 Å². The van der Waals surface area contributed by atoms with Gasteiger partial charge in [-0.05, 0) is 31.4 Å². The molecular formula is C12H23FO2S. The summed E-state index contributed by atoms with van der Waals surface area (Å²) in [6.07, 6.45) is 3.13. The number of thioether (sulfide) groups is 1. The average Bonchev–Trinajstić information content (AvgIpc) is 2.31. The van der Waals surface area contributed by atoms with Gasteiger partial charge in [0.1, 0.15) is 5.25 Å². The third kappa shape index (κ3) is 7.09. The van der Waals surface area contributed by atoms with Crippen LogP contribution in [0.3, 0.4) is 0 Å². The molecule has 0 aliphatic heterocycles. The minimum Gasteiger partial charge on any atom is -0.468 e. The van der Waals surface area contributed by atoms with Crippen LogP contribution in [0.4, 0.5) is 4.39 Å². The van der Waals surface area contributed by atoms with Gasteiger partial charge in [0, 0.05) is 0 Å². The van der Waals surface area contributed by atoms with E-state index < -0.39 is 6.17 Å². The second-order valence-corrected chi connectivity index (χ2v) is 5.13. The lowest BCUT2D eigenvalue weighted by Crippen LogP contribution is -2.19. The van der Waals surface area contributed by atoms with E-state index in [1.54, 1.807) is 11.8 Å². The fourth-order valence-corrected chi connectivity index (χ4v) is 2.65. The van der Waals surface area contributed by atoms with E-state index in [4.69, 9.17) is 4.74 Å². The van der Waals surface area contributed by atoms with E-state index >= 15 is 0 Å². The van der Waals surface area contributed by atoms with Crippen LogP contribution in [0.1, 0.15) is 46.0 Å². The van der Waals surface area contributed by atoms with Crippen molar-refractivity contribution in [2.75, 3.05) is 12.9 Å². The number of methoxy groups -OCH3 is 1. The molecule has 2 unspecified atom stereocenters. The standard InChI is InChI=1S/C12H23FO2S/c1-4-7-11(12(14)15-3)16-9-6-8-10(13)5-2/h10-11H,4-9H2,1-3H3. The quantitative estimate of drug-likeness (QED) is 0.462.